The lowest BCUT2D eigenvalue weighted by Crippen LogP contribution is -2.35. The van der Waals surface area contributed by atoms with E-state index in [1.807, 2.05) is 26.0 Å². The second-order valence-corrected chi connectivity index (χ2v) is 10.6. The number of rotatable bonds is 7. The van der Waals surface area contributed by atoms with Gasteiger partial charge in [-0.2, -0.15) is 0 Å². The molecule has 1 fully saturated rings. The van der Waals surface area contributed by atoms with E-state index in [4.69, 9.17) is 16.3 Å². The van der Waals surface area contributed by atoms with Crippen LogP contribution in [0, 0.1) is 13.8 Å². The van der Waals surface area contributed by atoms with Crippen LogP contribution in [0.1, 0.15) is 47.2 Å². The number of aromatic nitrogens is 3. The second kappa shape index (κ2) is 11.0. The molecule has 0 radical (unpaired) electrons. The number of carbonyl (C=O) groups excluding carboxylic acids is 1. The molecule has 0 bridgehead atoms. The molecule has 1 unspecified atom stereocenters. The number of anilines is 1. The van der Waals surface area contributed by atoms with Crippen molar-refractivity contribution in [2.24, 2.45) is 0 Å². The number of amides is 1. The smallest absolute Gasteiger partial charge is 0.260 e. The third-order valence-electron chi connectivity index (χ3n) is 6.51. The minimum Gasteiger partial charge on any atom is -0.492 e. The number of nitrogens with one attached hydrogen (secondary N) is 3. The van der Waals surface area contributed by atoms with E-state index in [0.29, 0.717) is 40.0 Å². The largest absolute Gasteiger partial charge is 0.492 e. The Morgan fingerprint density at radius 1 is 1.19 bits per heavy atom. The van der Waals surface area contributed by atoms with Crippen LogP contribution >= 0.6 is 22.9 Å². The van der Waals surface area contributed by atoms with E-state index in [9.17, 15) is 9.59 Å². The van der Waals surface area contributed by atoms with Gasteiger partial charge in [-0.05, 0) is 57.4 Å². The lowest BCUT2D eigenvalue weighted by molar-refractivity contribution is 0.102. The zero-order chi connectivity index (χ0) is 25.9. The molecular formula is C27H28ClN5O3S. The minimum atomic E-state index is -0.417. The fourth-order valence-electron chi connectivity index (χ4n) is 4.86. The van der Waals surface area contributed by atoms with E-state index < -0.39 is 5.91 Å². The zero-order valence-electron chi connectivity index (χ0n) is 20.7. The van der Waals surface area contributed by atoms with Crippen LogP contribution in [0.15, 0.2) is 40.6 Å². The van der Waals surface area contributed by atoms with E-state index in [2.05, 4.69) is 31.9 Å². The Morgan fingerprint density at radius 2 is 2.00 bits per heavy atom. The van der Waals surface area contributed by atoms with Gasteiger partial charge in [0.1, 0.15) is 11.3 Å². The van der Waals surface area contributed by atoms with Crippen molar-refractivity contribution in [3.8, 4) is 16.9 Å². The molecule has 1 saturated heterocycles. The highest BCUT2D eigenvalue weighted by Gasteiger charge is 2.22. The van der Waals surface area contributed by atoms with Crippen LogP contribution in [0.4, 0.5) is 5.13 Å². The molecule has 3 N–H and O–H groups in total. The highest BCUT2D eigenvalue weighted by molar-refractivity contribution is 7.13. The van der Waals surface area contributed by atoms with Crippen molar-refractivity contribution in [1.82, 2.24) is 20.5 Å². The lowest BCUT2D eigenvalue weighted by Gasteiger charge is -2.24. The van der Waals surface area contributed by atoms with Crippen molar-refractivity contribution in [1.29, 1.82) is 0 Å². The average Bonchev–Trinajstić information content (AvgIpc) is 3.36. The molecule has 37 heavy (non-hydrogen) atoms. The van der Waals surface area contributed by atoms with E-state index >= 15 is 0 Å². The highest BCUT2D eigenvalue weighted by atomic mass is 35.5. The first-order valence-corrected chi connectivity index (χ1v) is 13.6. The number of benzene rings is 2. The van der Waals surface area contributed by atoms with Gasteiger partial charge < -0.3 is 15.0 Å². The van der Waals surface area contributed by atoms with Gasteiger partial charge in [0.05, 0.1) is 28.3 Å². The third-order valence-corrected chi connectivity index (χ3v) is 7.43. The van der Waals surface area contributed by atoms with Gasteiger partial charge in [-0.25, -0.2) is 0 Å². The fourth-order valence-corrected chi connectivity index (χ4v) is 5.55. The molecule has 192 valence electrons. The molecule has 0 aliphatic carbocycles. The van der Waals surface area contributed by atoms with Gasteiger partial charge in [0.2, 0.25) is 5.13 Å². The number of halogens is 1. The molecule has 5 rings (SSSR count). The van der Waals surface area contributed by atoms with Crippen LogP contribution in [0.5, 0.6) is 5.75 Å². The molecule has 1 aliphatic heterocycles. The number of H-pyrrole nitrogens is 1. The van der Waals surface area contributed by atoms with E-state index in [-0.39, 0.29) is 16.1 Å². The summed E-state index contributed by atoms with van der Waals surface area (Å²) >= 11 is 7.69. The Hall–Kier alpha value is -3.27. The molecule has 0 saturated carbocycles. The predicted molar refractivity (Wildman–Crippen MR) is 148 cm³/mol. The summed E-state index contributed by atoms with van der Waals surface area (Å²) in [6, 6.07) is 9.65. The summed E-state index contributed by atoms with van der Waals surface area (Å²) in [6.07, 6.45) is 4.31. The van der Waals surface area contributed by atoms with Gasteiger partial charge in [-0.15, -0.1) is 10.2 Å². The first kappa shape index (κ1) is 25.4. The van der Waals surface area contributed by atoms with Gasteiger partial charge in [0.25, 0.3) is 11.5 Å². The van der Waals surface area contributed by atoms with Crippen molar-refractivity contribution in [3.05, 3.63) is 67.9 Å². The Kier molecular flexibility index (Phi) is 7.55. The quantitative estimate of drug-likeness (QED) is 0.288. The Balaban J connectivity index is 1.60. The van der Waals surface area contributed by atoms with Crippen LogP contribution in [0.2, 0.25) is 5.02 Å². The monoisotopic (exact) mass is 537 g/mol. The van der Waals surface area contributed by atoms with Crippen molar-refractivity contribution in [2.45, 2.75) is 45.6 Å². The van der Waals surface area contributed by atoms with Gasteiger partial charge in [0, 0.05) is 11.4 Å². The first-order valence-electron chi connectivity index (χ1n) is 12.3. The summed E-state index contributed by atoms with van der Waals surface area (Å²) in [5.74, 6) is 0.0290. The maximum absolute atomic E-state index is 13.4. The molecule has 1 aliphatic rings. The number of hydrogen-bond donors (Lipinski definition) is 3. The topological polar surface area (TPSA) is 109 Å². The molecule has 0 spiro atoms. The summed E-state index contributed by atoms with van der Waals surface area (Å²) < 4.78 is 6.39. The summed E-state index contributed by atoms with van der Waals surface area (Å²) in [5, 5.41) is 15.1. The third kappa shape index (κ3) is 5.69. The number of aryl methyl sites for hydroxylation is 2. The number of carbonyl (C=O) groups is 1. The summed E-state index contributed by atoms with van der Waals surface area (Å²) in [4.78, 5) is 29.4. The molecule has 4 aromatic rings. The van der Waals surface area contributed by atoms with Crippen LogP contribution in [0.3, 0.4) is 0 Å². The zero-order valence-corrected chi connectivity index (χ0v) is 22.3. The van der Waals surface area contributed by atoms with Gasteiger partial charge in [-0.3, -0.25) is 14.9 Å². The highest BCUT2D eigenvalue weighted by Crippen LogP contribution is 2.37. The van der Waals surface area contributed by atoms with Gasteiger partial charge >= 0.3 is 0 Å². The van der Waals surface area contributed by atoms with Crippen LogP contribution < -0.4 is 20.9 Å². The molecule has 1 atom stereocenters. The number of piperidine rings is 1. The van der Waals surface area contributed by atoms with Gasteiger partial charge in [0.15, 0.2) is 0 Å². The molecule has 10 heteroatoms. The Labute approximate surface area is 223 Å². The number of pyridine rings is 1. The summed E-state index contributed by atoms with van der Waals surface area (Å²) in [6.45, 7) is 5.44. The lowest BCUT2D eigenvalue weighted by atomic mass is 9.98. The second-order valence-electron chi connectivity index (χ2n) is 9.39. The number of fused-ring (bicyclic) bond motifs is 1. The minimum absolute atomic E-state index is 0.210. The van der Waals surface area contributed by atoms with Crippen LogP contribution in [0.25, 0.3) is 22.0 Å². The number of aromatic amines is 1. The van der Waals surface area contributed by atoms with E-state index in [1.165, 1.54) is 29.7 Å². The number of hydrogen-bond acceptors (Lipinski definition) is 7. The van der Waals surface area contributed by atoms with Crippen LogP contribution in [-0.2, 0) is 0 Å². The molecule has 8 nitrogen and oxygen atoms in total. The standard InChI is InChI=1S/C27H28ClN5O3S/c1-15-9-16(2)11-17(10-15)23-24(36-8-6-18-5-3-4-7-29-18)20-12-19(21(28)13-22(20)31-26(23)35)25(34)32-27-33-30-14-37-27/h9-14,18,29H,3-8H2,1-2H3,(H,31,35)(H,32,33,34). The molecule has 3 heterocycles. The van der Waals surface area contributed by atoms with E-state index in [1.54, 1.807) is 12.1 Å². The number of nitrogens with zero attached hydrogens (tertiary/aromatic N) is 2. The average molecular weight is 538 g/mol. The van der Waals surface area contributed by atoms with Crippen LogP contribution in [-0.4, -0.2) is 40.3 Å². The van der Waals surface area contributed by atoms with Gasteiger partial charge in [-0.1, -0.05) is 58.7 Å². The molecular weight excluding hydrogens is 510 g/mol. The van der Waals surface area contributed by atoms with Crippen molar-refractivity contribution in [2.75, 3.05) is 18.5 Å². The van der Waals surface area contributed by atoms with Crippen molar-refractivity contribution < 1.29 is 9.53 Å². The Bertz CT molecular complexity index is 1480. The normalized spacial score (nSPS) is 15.6. The molecule has 1 amide bonds. The SMILES string of the molecule is Cc1cc(C)cc(-c2c(OCCC3CCCCN3)c3cc(C(=O)Nc4nncs4)c(Cl)cc3[nH]c2=O)c1. The predicted octanol–water partition coefficient (Wildman–Crippen LogP) is 5.48. The van der Waals surface area contributed by atoms with E-state index in [0.717, 1.165) is 36.1 Å². The van der Waals surface area contributed by atoms with Crippen molar-refractivity contribution in [3.63, 3.8) is 0 Å². The van der Waals surface area contributed by atoms with Crippen molar-refractivity contribution >= 4 is 44.9 Å². The molecule has 2 aromatic carbocycles. The number of ether oxygens (including phenoxy) is 1. The fraction of sp³-hybridized carbons (Fsp3) is 0.333. The summed E-state index contributed by atoms with van der Waals surface area (Å²) in [7, 11) is 0. The summed E-state index contributed by atoms with van der Waals surface area (Å²) in [5.41, 5.74) is 5.30. The first-order chi connectivity index (χ1) is 17.9. The maximum Gasteiger partial charge on any atom is 0.260 e. The molecule has 2 aromatic heterocycles. The Morgan fingerprint density at radius 3 is 2.70 bits per heavy atom. The maximum atomic E-state index is 13.4.